The first-order valence-electron chi connectivity index (χ1n) is 12.0. The Morgan fingerprint density at radius 1 is 0.971 bits per heavy atom. The van der Waals surface area contributed by atoms with Gasteiger partial charge in [-0.15, -0.1) is 0 Å². The normalized spacial score (nSPS) is 10.4. The number of aliphatic hydroxyl groups excluding tert-OH is 1. The van der Waals surface area contributed by atoms with Gasteiger partial charge in [0.25, 0.3) is 0 Å². The monoisotopic (exact) mass is 480 g/mol. The maximum Gasteiger partial charge on any atom is 0.328 e. The molecule has 0 radical (unpaired) electrons. The molecule has 0 saturated carbocycles. The van der Waals surface area contributed by atoms with Crippen molar-refractivity contribution in [2.45, 2.75) is 84.1 Å². The summed E-state index contributed by atoms with van der Waals surface area (Å²) in [6, 6.07) is 9.05. The standard InChI is InChI=1S/C23H36N2O4.C2H4O.CH4O/c1-3-4-5-6-7-8-12-15-20(23(28)29-2)25-22(27)18-24-21(26)17-16-19-13-10-9-11-14-19;1-2-3;1-2/h9-11,13-14,20H,3-8,12,15-18H2,1-2H3,(H,24,26)(H,25,27);2H,1H3;2H,1H3. The number of carbonyl (C=O) groups is 4. The zero-order valence-electron chi connectivity index (χ0n) is 21.3. The molecule has 1 rings (SSSR count). The van der Waals surface area contributed by atoms with Crippen LogP contribution in [0.1, 0.15) is 77.2 Å². The average molecular weight is 481 g/mol. The first-order valence-corrected chi connectivity index (χ1v) is 12.0. The quantitative estimate of drug-likeness (QED) is 0.201. The van der Waals surface area contributed by atoms with E-state index in [1.165, 1.54) is 39.7 Å². The highest BCUT2D eigenvalue weighted by atomic mass is 16.5. The topological polar surface area (TPSA) is 122 Å². The number of carbonyl (C=O) groups excluding carboxylic acids is 4. The lowest BCUT2D eigenvalue weighted by atomic mass is 10.0. The van der Waals surface area contributed by atoms with Crippen molar-refractivity contribution in [3.8, 4) is 0 Å². The van der Waals surface area contributed by atoms with Crippen molar-refractivity contribution in [3.05, 3.63) is 35.9 Å². The Balaban J connectivity index is 0. The molecule has 0 aliphatic heterocycles. The second kappa shape index (κ2) is 24.9. The SMILES string of the molecule is CC=O.CCCCCCCCCC(NC(=O)CNC(=O)CCc1ccccc1)C(=O)OC.CO. The smallest absolute Gasteiger partial charge is 0.328 e. The molecule has 0 aromatic heterocycles. The van der Waals surface area contributed by atoms with Crippen LogP contribution in [0.3, 0.4) is 0 Å². The van der Waals surface area contributed by atoms with Crippen LogP contribution in [-0.2, 0) is 30.3 Å². The van der Waals surface area contributed by atoms with Crippen LogP contribution < -0.4 is 10.6 Å². The van der Waals surface area contributed by atoms with Crippen molar-refractivity contribution >= 4 is 24.1 Å². The molecule has 1 atom stereocenters. The minimum Gasteiger partial charge on any atom is -0.467 e. The molecule has 0 fully saturated rings. The van der Waals surface area contributed by atoms with Gasteiger partial charge in [-0.05, 0) is 25.3 Å². The summed E-state index contributed by atoms with van der Waals surface area (Å²) >= 11 is 0. The van der Waals surface area contributed by atoms with Crippen LogP contribution in [-0.4, -0.2) is 56.0 Å². The van der Waals surface area contributed by atoms with E-state index in [0.29, 0.717) is 19.3 Å². The Morgan fingerprint density at radius 2 is 1.53 bits per heavy atom. The molecule has 3 N–H and O–H groups in total. The van der Waals surface area contributed by atoms with Gasteiger partial charge in [-0.3, -0.25) is 9.59 Å². The molecule has 1 unspecified atom stereocenters. The van der Waals surface area contributed by atoms with E-state index >= 15 is 0 Å². The number of aliphatic hydroxyl groups is 1. The minimum atomic E-state index is -0.663. The fourth-order valence-corrected chi connectivity index (χ4v) is 3.11. The summed E-state index contributed by atoms with van der Waals surface area (Å²) in [4.78, 5) is 44.8. The predicted molar refractivity (Wildman–Crippen MR) is 134 cm³/mol. The summed E-state index contributed by atoms with van der Waals surface area (Å²) < 4.78 is 4.80. The summed E-state index contributed by atoms with van der Waals surface area (Å²) in [5.41, 5.74) is 1.08. The van der Waals surface area contributed by atoms with E-state index in [-0.39, 0.29) is 18.4 Å². The molecule has 0 aliphatic carbocycles. The maximum absolute atomic E-state index is 12.1. The van der Waals surface area contributed by atoms with Gasteiger partial charge in [-0.2, -0.15) is 0 Å². The predicted octanol–water partition coefficient (Wildman–Crippen LogP) is 3.35. The van der Waals surface area contributed by atoms with Crippen LogP contribution in [0.4, 0.5) is 0 Å². The third-order valence-corrected chi connectivity index (χ3v) is 4.85. The van der Waals surface area contributed by atoms with Crippen molar-refractivity contribution in [3.63, 3.8) is 0 Å². The second-order valence-electron chi connectivity index (χ2n) is 7.55. The van der Waals surface area contributed by atoms with Gasteiger partial charge in [0.05, 0.1) is 13.7 Å². The first kappa shape index (κ1) is 33.4. The number of aryl methyl sites for hydroxylation is 1. The molecule has 194 valence electrons. The van der Waals surface area contributed by atoms with Crippen LogP contribution >= 0.6 is 0 Å². The highest BCUT2D eigenvalue weighted by Gasteiger charge is 2.21. The van der Waals surface area contributed by atoms with Gasteiger partial charge in [-0.1, -0.05) is 82.2 Å². The Kier molecular flexibility index (Phi) is 24.5. The van der Waals surface area contributed by atoms with E-state index in [2.05, 4.69) is 17.6 Å². The zero-order valence-corrected chi connectivity index (χ0v) is 21.3. The molecule has 1 aromatic rings. The molecular weight excluding hydrogens is 436 g/mol. The molecule has 34 heavy (non-hydrogen) atoms. The molecule has 0 heterocycles. The molecule has 2 amide bonds. The number of rotatable bonds is 15. The Bertz CT molecular complexity index is 652. The molecular formula is C26H44N2O6. The number of esters is 1. The van der Waals surface area contributed by atoms with Crippen molar-refractivity contribution < 1.29 is 29.0 Å². The number of methoxy groups -OCH3 is 1. The molecule has 0 spiro atoms. The van der Waals surface area contributed by atoms with Crippen molar-refractivity contribution in [2.24, 2.45) is 0 Å². The van der Waals surface area contributed by atoms with Crippen LogP contribution in [0.25, 0.3) is 0 Å². The molecule has 0 aliphatic rings. The summed E-state index contributed by atoms with van der Waals surface area (Å²) in [6.07, 6.45) is 10.2. The fraction of sp³-hybridized carbons (Fsp3) is 0.615. The molecule has 0 saturated heterocycles. The lowest BCUT2D eigenvalue weighted by molar-refractivity contribution is -0.145. The first-order chi connectivity index (χ1) is 16.5. The number of aldehydes is 1. The van der Waals surface area contributed by atoms with Gasteiger partial charge in [0, 0.05) is 13.5 Å². The number of benzene rings is 1. The lowest BCUT2D eigenvalue weighted by Gasteiger charge is -2.16. The van der Waals surface area contributed by atoms with Gasteiger partial charge >= 0.3 is 5.97 Å². The molecule has 0 bridgehead atoms. The zero-order chi connectivity index (χ0) is 26.0. The van der Waals surface area contributed by atoms with E-state index in [1.54, 1.807) is 0 Å². The average Bonchev–Trinajstić information content (AvgIpc) is 2.86. The van der Waals surface area contributed by atoms with E-state index < -0.39 is 12.0 Å². The Morgan fingerprint density at radius 3 is 2.09 bits per heavy atom. The molecule has 1 aromatic carbocycles. The Labute approximate surface area is 204 Å². The second-order valence-corrected chi connectivity index (χ2v) is 7.55. The number of amides is 2. The van der Waals surface area contributed by atoms with Crippen molar-refractivity contribution in [2.75, 3.05) is 20.8 Å². The number of nitrogens with one attached hydrogen (secondary N) is 2. The summed E-state index contributed by atoms with van der Waals surface area (Å²) in [7, 11) is 2.32. The van der Waals surface area contributed by atoms with Gasteiger partial charge in [0.15, 0.2) is 0 Å². The van der Waals surface area contributed by atoms with Gasteiger partial charge in [-0.25, -0.2) is 4.79 Å². The van der Waals surface area contributed by atoms with Crippen molar-refractivity contribution in [1.29, 1.82) is 0 Å². The van der Waals surface area contributed by atoms with E-state index in [9.17, 15) is 14.4 Å². The van der Waals surface area contributed by atoms with Gasteiger partial charge in [0.1, 0.15) is 12.3 Å². The van der Waals surface area contributed by atoms with Gasteiger partial charge in [0.2, 0.25) is 11.8 Å². The number of hydrogen-bond donors (Lipinski definition) is 3. The van der Waals surface area contributed by atoms with Crippen LogP contribution in [0.15, 0.2) is 30.3 Å². The maximum atomic E-state index is 12.1. The molecule has 8 heteroatoms. The highest BCUT2D eigenvalue weighted by molar-refractivity contribution is 5.88. The van der Waals surface area contributed by atoms with E-state index in [1.807, 2.05) is 30.3 Å². The summed E-state index contributed by atoms with van der Waals surface area (Å²) in [5.74, 6) is -1.01. The van der Waals surface area contributed by atoms with Crippen molar-refractivity contribution in [1.82, 2.24) is 10.6 Å². The Hall–Kier alpha value is -2.74. The van der Waals surface area contributed by atoms with Crippen LogP contribution in [0, 0.1) is 0 Å². The van der Waals surface area contributed by atoms with Crippen LogP contribution in [0.5, 0.6) is 0 Å². The number of unbranched alkanes of at least 4 members (excludes halogenated alkanes) is 6. The highest BCUT2D eigenvalue weighted by Crippen LogP contribution is 2.10. The van der Waals surface area contributed by atoms with Crippen LogP contribution in [0.2, 0.25) is 0 Å². The fourth-order valence-electron chi connectivity index (χ4n) is 3.11. The van der Waals surface area contributed by atoms with E-state index in [4.69, 9.17) is 14.6 Å². The third kappa shape index (κ3) is 19.9. The number of ether oxygens (including phenoxy) is 1. The summed E-state index contributed by atoms with van der Waals surface area (Å²) in [5, 5.41) is 12.3. The number of hydrogen-bond acceptors (Lipinski definition) is 6. The third-order valence-electron chi connectivity index (χ3n) is 4.85. The van der Waals surface area contributed by atoms with Gasteiger partial charge < -0.3 is 25.3 Å². The minimum absolute atomic E-state index is 0.141. The largest absolute Gasteiger partial charge is 0.467 e. The van der Waals surface area contributed by atoms with E-state index in [0.717, 1.165) is 38.2 Å². The lowest BCUT2D eigenvalue weighted by Crippen LogP contribution is -2.46. The molecule has 8 nitrogen and oxygen atoms in total. The summed E-state index contributed by atoms with van der Waals surface area (Å²) in [6.45, 7) is 3.49.